The fraction of sp³-hybridized carbons (Fsp3) is 0.480. The number of nitrogens with zero attached hydrogens (tertiary/aromatic N) is 1. The lowest BCUT2D eigenvalue weighted by atomic mass is 9.75. The summed E-state index contributed by atoms with van der Waals surface area (Å²) < 4.78 is 0. The van der Waals surface area contributed by atoms with Gasteiger partial charge in [-0.2, -0.15) is 0 Å². The molecule has 1 amide bonds. The van der Waals surface area contributed by atoms with Crippen LogP contribution < -0.4 is 5.32 Å². The van der Waals surface area contributed by atoms with Crippen LogP contribution in [0.4, 0.5) is 0 Å². The van der Waals surface area contributed by atoms with Gasteiger partial charge in [-0.1, -0.05) is 60.7 Å². The Balaban J connectivity index is 1.46. The minimum atomic E-state index is 0.190. The minimum Gasteiger partial charge on any atom is -0.353 e. The molecule has 1 N–H and O–H groups in total. The standard InChI is InChI=1S/C25H34N2O/c1-27(2)25(18-15-22-11-7-4-8-12-22)19-16-23(17-20-25)26-24(28)14-13-21-9-5-3-6-10-21/h3-12,23H,13-20H2,1-2H3,(H,26,28). The zero-order valence-corrected chi connectivity index (χ0v) is 17.4. The van der Waals surface area contributed by atoms with E-state index in [2.05, 4.69) is 66.8 Å². The second-order valence-corrected chi connectivity index (χ2v) is 8.43. The van der Waals surface area contributed by atoms with Crippen LogP contribution in [0.5, 0.6) is 0 Å². The number of amides is 1. The first-order valence-electron chi connectivity index (χ1n) is 10.6. The molecule has 28 heavy (non-hydrogen) atoms. The van der Waals surface area contributed by atoms with E-state index in [0.29, 0.717) is 12.5 Å². The third kappa shape index (κ3) is 5.68. The van der Waals surface area contributed by atoms with E-state index < -0.39 is 0 Å². The number of hydrogen-bond donors (Lipinski definition) is 1. The molecule has 1 aliphatic rings. The van der Waals surface area contributed by atoms with Crippen molar-refractivity contribution in [3.63, 3.8) is 0 Å². The molecule has 0 radical (unpaired) electrons. The van der Waals surface area contributed by atoms with Crippen LogP contribution in [-0.2, 0) is 17.6 Å². The van der Waals surface area contributed by atoms with Crippen molar-refractivity contribution in [2.75, 3.05) is 14.1 Å². The van der Waals surface area contributed by atoms with E-state index >= 15 is 0 Å². The molecule has 1 aliphatic carbocycles. The Morgan fingerprint density at radius 3 is 2.00 bits per heavy atom. The predicted molar refractivity (Wildman–Crippen MR) is 116 cm³/mol. The number of hydrogen-bond acceptors (Lipinski definition) is 2. The van der Waals surface area contributed by atoms with Gasteiger partial charge in [-0.05, 0) is 70.2 Å². The largest absolute Gasteiger partial charge is 0.353 e. The lowest BCUT2D eigenvalue weighted by Gasteiger charge is -2.45. The van der Waals surface area contributed by atoms with Crippen molar-refractivity contribution in [1.29, 1.82) is 0 Å². The summed E-state index contributed by atoms with van der Waals surface area (Å²) in [5, 5.41) is 3.28. The number of carbonyl (C=O) groups is 1. The van der Waals surface area contributed by atoms with Gasteiger partial charge in [0.05, 0.1) is 0 Å². The molecule has 3 heteroatoms. The Hall–Kier alpha value is -2.13. The average molecular weight is 379 g/mol. The molecule has 0 unspecified atom stereocenters. The van der Waals surface area contributed by atoms with Crippen molar-refractivity contribution in [1.82, 2.24) is 10.2 Å². The fourth-order valence-corrected chi connectivity index (χ4v) is 4.44. The Kier molecular flexibility index (Phi) is 7.27. The highest BCUT2D eigenvalue weighted by atomic mass is 16.1. The van der Waals surface area contributed by atoms with E-state index in [-0.39, 0.29) is 11.4 Å². The van der Waals surface area contributed by atoms with Gasteiger partial charge in [0, 0.05) is 18.0 Å². The van der Waals surface area contributed by atoms with E-state index in [9.17, 15) is 4.79 Å². The van der Waals surface area contributed by atoms with E-state index in [4.69, 9.17) is 0 Å². The number of carbonyl (C=O) groups excluding carboxylic acids is 1. The maximum atomic E-state index is 12.4. The normalized spacial score (nSPS) is 22.2. The molecule has 2 aromatic carbocycles. The first kappa shape index (κ1) is 20.6. The highest BCUT2D eigenvalue weighted by Crippen LogP contribution is 2.36. The van der Waals surface area contributed by atoms with Gasteiger partial charge in [0.2, 0.25) is 5.91 Å². The van der Waals surface area contributed by atoms with Crippen molar-refractivity contribution >= 4 is 5.91 Å². The van der Waals surface area contributed by atoms with E-state index in [0.717, 1.165) is 38.5 Å². The molecule has 0 aromatic heterocycles. The summed E-state index contributed by atoms with van der Waals surface area (Å²) in [7, 11) is 4.42. The van der Waals surface area contributed by atoms with Crippen LogP contribution in [0.3, 0.4) is 0 Å². The SMILES string of the molecule is CN(C)C1(CCc2ccccc2)CCC(NC(=O)CCc2ccccc2)CC1. The van der Waals surface area contributed by atoms with Crippen LogP contribution >= 0.6 is 0 Å². The zero-order chi connectivity index (χ0) is 19.8. The van der Waals surface area contributed by atoms with E-state index in [1.165, 1.54) is 17.5 Å². The maximum Gasteiger partial charge on any atom is 0.220 e. The van der Waals surface area contributed by atoms with Gasteiger partial charge < -0.3 is 10.2 Å². The van der Waals surface area contributed by atoms with Crippen LogP contribution in [0.25, 0.3) is 0 Å². The molecule has 1 fully saturated rings. The van der Waals surface area contributed by atoms with Crippen molar-refractivity contribution in [3.05, 3.63) is 71.8 Å². The molecule has 0 spiro atoms. The third-order valence-electron chi connectivity index (χ3n) is 6.44. The third-order valence-corrected chi connectivity index (χ3v) is 6.44. The predicted octanol–water partition coefficient (Wildman–Crippen LogP) is 4.61. The molecule has 0 aliphatic heterocycles. The van der Waals surface area contributed by atoms with Crippen LogP contribution in [0.1, 0.15) is 49.7 Å². The van der Waals surface area contributed by atoms with Gasteiger partial charge in [-0.3, -0.25) is 4.79 Å². The first-order chi connectivity index (χ1) is 13.6. The highest BCUT2D eigenvalue weighted by Gasteiger charge is 2.37. The molecule has 3 rings (SSSR count). The molecule has 150 valence electrons. The molecule has 2 aromatic rings. The maximum absolute atomic E-state index is 12.4. The summed E-state index contributed by atoms with van der Waals surface area (Å²) in [6.07, 6.45) is 8.14. The van der Waals surface area contributed by atoms with Crippen molar-refractivity contribution in [2.45, 2.75) is 62.9 Å². The van der Waals surface area contributed by atoms with Crippen LogP contribution in [0, 0.1) is 0 Å². The fourth-order valence-electron chi connectivity index (χ4n) is 4.44. The van der Waals surface area contributed by atoms with E-state index in [1.54, 1.807) is 0 Å². The molecule has 1 saturated carbocycles. The topological polar surface area (TPSA) is 32.3 Å². The number of benzene rings is 2. The van der Waals surface area contributed by atoms with Gasteiger partial charge in [0.1, 0.15) is 0 Å². The molecule has 0 bridgehead atoms. The average Bonchev–Trinajstić information content (AvgIpc) is 2.73. The summed E-state index contributed by atoms with van der Waals surface area (Å²) in [5.41, 5.74) is 2.90. The highest BCUT2D eigenvalue weighted by molar-refractivity contribution is 5.76. The second-order valence-electron chi connectivity index (χ2n) is 8.43. The first-order valence-corrected chi connectivity index (χ1v) is 10.6. The Morgan fingerprint density at radius 1 is 0.929 bits per heavy atom. The van der Waals surface area contributed by atoms with Crippen LogP contribution in [0.15, 0.2) is 60.7 Å². The quantitative estimate of drug-likeness (QED) is 0.727. The summed E-state index contributed by atoms with van der Waals surface area (Å²) in [6, 6.07) is 21.4. The Bertz CT molecular complexity index is 719. The van der Waals surface area contributed by atoms with Crippen molar-refractivity contribution < 1.29 is 4.79 Å². The Morgan fingerprint density at radius 2 is 1.46 bits per heavy atom. The van der Waals surface area contributed by atoms with Crippen molar-refractivity contribution in [2.24, 2.45) is 0 Å². The molecule has 0 atom stereocenters. The number of aryl methyl sites for hydroxylation is 2. The van der Waals surface area contributed by atoms with Gasteiger partial charge in [-0.25, -0.2) is 0 Å². The van der Waals surface area contributed by atoms with Crippen LogP contribution in [0.2, 0.25) is 0 Å². The minimum absolute atomic E-state index is 0.190. The molecule has 3 nitrogen and oxygen atoms in total. The number of nitrogens with one attached hydrogen (secondary N) is 1. The zero-order valence-electron chi connectivity index (χ0n) is 17.4. The van der Waals surface area contributed by atoms with Crippen molar-refractivity contribution in [3.8, 4) is 0 Å². The summed E-state index contributed by atoms with van der Waals surface area (Å²) in [4.78, 5) is 14.8. The molecular weight excluding hydrogens is 344 g/mol. The monoisotopic (exact) mass is 378 g/mol. The molecule has 0 saturated heterocycles. The van der Waals surface area contributed by atoms with Gasteiger partial charge >= 0.3 is 0 Å². The number of rotatable bonds is 8. The van der Waals surface area contributed by atoms with E-state index in [1.807, 2.05) is 18.2 Å². The second kappa shape index (κ2) is 9.88. The van der Waals surface area contributed by atoms with Crippen LogP contribution in [-0.4, -0.2) is 36.5 Å². The summed E-state index contributed by atoms with van der Waals surface area (Å²) in [5.74, 6) is 0.190. The van der Waals surface area contributed by atoms with Gasteiger partial charge in [-0.15, -0.1) is 0 Å². The Labute approximate surface area is 170 Å². The smallest absolute Gasteiger partial charge is 0.220 e. The molecule has 0 heterocycles. The lowest BCUT2D eigenvalue weighted by Crippen LogP contribution is -2.51. The lowest BCUT2D eigenvalue weighted by molar-refractivity contribution is -0.122. The van der Waals surface area contributed by atoms with Gasteiger partial charge in [0.25, 0.3) is 0 Å². The van der Waals surface area contributed by atoms with Gasteiger partial charge in [0.15, 0.2) is 0 Å². The molecular formula is C25H34N2O. The summed E-state index contributed by atoms with van der Waals surface area (Å²) >= 11 is 0. The summed E-state index contributed by atoms with van der Waals surface area (Å²) in [6.45, 7) is 0.